The highest BCUT2D eigenvalue weighted by molar-refractivity contribution is 7.16. The van der Waals surface area contributed by atoms with Gasteiger partial charge in [-0.2, -0.15) is 0 Å². The molecule has 5 nitrogen and oxygen atoms in total. The summed E-state index contributed by atoms with van der Waals surface area (Å²) in [5, 5.41) is 4.65. The monoisotopic (exact) mass is 351 g/mol. The fourth-order valence-corrected chi connectivity index (χ4v) is 5.66. The van der Waals surface area contributed by atoms with Gasteiger partial charge in [-0.25, -0.2) is 0 Å². The number of carbonyl (C=O) groups excluding carboxylic acids is 1. The second-order valence-corrected chi connectivity index (χ2v) is 7.82. The molecule has 3 heterocycles. The van der Waals surface area contributed by atoms with Crippen LogP contribution in [0.25, 0.3) is 0 Å². The van der Waals surface area contributed by atoms with E-state index in [9.17, 15) is 4.79 Å². The number of primary amides is 1. The van der Waals surface area contributed by atoms with Gasteiger partial charge >= 0.3 is 0 Å². The van der Waals surface area contributed by atoms with Gasteiger partial charge in [0.1, 0.15) is 0 Å². The predicted octanol–water partition coefficient (Wildman–Crippen LogP) is 2.63. The van der Waals surface area contributed by atoms with Crippen LogP contribution in [0.4, 0.5) is 5.00 Å². The van der Waals surface area contributed by atoms with Crippen molar-refractivity contribution in [3.05, 3.63) is 16.0 Å². The Hall–Kier alpha value is -1.11. The molecule has 2 aliphatic heterocycles. The molecular formula is C18H29N3O2S. The van der Waals surface area contributed by atoms with Gasteiger partial charge in [0.05, 0.1) is 10.6 Å². The van der Waals surface area contributed by atoms with Crippen molar-refractivity contribution in [1.29, 1.82) is 0 Å². The number of nitrogens with one attached hydrogen (secondary N) is 1. The molecule has 6 heteroatoms. The first-order valence-corrected chi connectivity index (χ1v) is 9.93. The number of amides is 1. The van der Waals surface area contributed by atoms with Gasteiger partial charge in [-0.1, -0.05) is 0 Å². The molecule has 0 saturated carbocycles. The van der Waals surface area contributed by atoms with Crippen LogP contribution in [-0.4, -0.2) is 44.8 Å². The van der Waals surface area contributed by atoms with Crippen LogP contribution >= 0.6 is 11.3 Å². The molecule has 0 unspecified atom stereocenters. The molecule has 2 aliphatic rings. The van der Waals surface area contributed by atoms with Crippen molar-refractivity contribution in [2.45, 2.75) is 51.5 Å². The van der Waals surface area contributed by atoms with Crippen LogP contribution < -0.4 is 16.0 Å². The van der Waals surface area contributed by atoms with Crippen molar-refractivity contribution in [1.82, 2.24) is 5.32 Å². The van der Waals surface area contributed by atoms with Crippen molar-refractivity contribution in [2.24, 2.45) is 5.73 Å². The summed E-state index contributed by atoms with van der Waals surface area (Å²) in [7, 11) is 0. The number of nitrogens with two attached hydrogens (primary N) is 1. The lowest BCUT2D eigenvalue weighted by molar-refractivity contribution is 0.0847. The minimum Gasteiger partial charge on any atom is -0.381 e. The highest BCUT2D eigenvalue weighted by Crippen LogP contribution is 2.43. The molecule has 2 saturated heterocycles. The van der Waals surface area contributed by atoms with E-state index in [0.29, 0.717) is 12.0 Å². The van der Waals surface area contributed by atoms with E-state index in [2.05, 4.69) is 24.1 Å². The lowest BCUT2D eigenvalue weighted by Gasteiger charge is -2.35. The van der Waals surface area contributed by atoms with E-state index in [0.717, 1.165) is 69.7 Å². The largest absolute Gasteiger partial charge is 0.381 e. The molecule has 3 rings (SSSR count). The predicted molar refractivity (Wildman–Crippen MR) is 99.3 cm³/mol. The first kappa shape index (κ1) is 17.7. The van der Waals surface area contributed by atoms with Crippen molar-refractivity contribution in [3.63, 3.8) is 0 Å². The van der Waals surface area contributed by atoms with Gasteiger partial charge < -0.3 is 20.7 Å². The Morgan fingerprint density at radius 2 is 1.96 bits per heavy atom. The maximum absolute atomic E-state index is 12.2. The lowest BCUT2D eigenvalue weighted by Crippen LogP contribution is -2.39. The zero-order valence-corrected chi connectivity index (χ0v) is 15.6. The molecule has 134 valence electrons. The topological polar surface area (TPSA) is 67.6 Å². The number of thiophene rings is 1. The van der Waals surface area contributed by atoms with Gasteiger partial charge in [0.2, 0.25) is 5.91 Å². The number of ether oxygens (including phenoxy) is 1. The third-order valence-electron chi connectivity index (χ3n) is 5.34. The number of hydrogen-bond acceptors (Lipinski definition) is 5. The van der Waals surface area contributed by atoms with Gasteiger partial charge in [-0.3, -0.25) is 4.79 Å². The van der Waals surface area contributed by atoms with Crippen molar-refractivity contribution in [3.8, 4) is 0 Å². The van der Waals surface area contributed by atoms with Gasteiger partial charge in [-0.05, 0) is 64.1 Å². The van der Waals surface area contributed by atoms with Crippen molar-refractivity contribution < 1.29 is 9.53 Å². The van der Waals surface area contributed by atoms with Gasteiger partial charge in [0.25, 0.3) is 0 Å². The van der Waals surface area contributed by atoms with Crippen molar-refractivity contribution in [2.75, 3.05) is 37.7 Å². The summed E-state index contributed by atoms with van der Waals surface area (Å²) in [6, 6.07) is 0.502. The van der Waals surface area contributed by atoms with Crippen LogP contribution in [0.2, 0.25) is 0 Å². The summed E-state index contributed by atoms with van der Waals surface area (Å²) in [5.74, 6) is 0.186. The molecule has 0 atom stereocenters. The molecule has 24 heavy (non-hydrogen) atoms. The normalized spacial score (nSPS) is 20.2. The molecule has 0 aliphatic carbocycles. The summed E-state index contributed by atoms with van der Waals surface area (Å²) in [4.78, 5) is 15.8. The Morgan fingerprint density at radius 1 is 1.29 bits per heavy atom. The Bertz CT molecular complexity index is 575. The smallest absolute Gasteiger partial charge is 0.250 e. The second-order valence-electron chi connectivity index (χ2n) is 6.79. The maximum atomic E-state index is 12.2. The van der Waals surface area contributed by atoms with E-state index in [1.807, 2.05) is 0 Å². The van der Waals surface area contributed by atoms with Gasteiger partial charge in [0, 0.05) is 30.7 Å². The van der Waals surface area contributed by atoms with Gasteiger partial charge in [-0.15, -0.1) is 11.3 Å². The Balaban J connectivity index is 1.96. The van der Waals surface area contributed by atoms with E-state index in [4.69, 9.17) is 10.5 Å². The Labute approximate surface area is 148 Å². The van der Waals surface area contributed by atoms with Crippen LogP contribution in [0.3, 0.4) is 0 Å². The molecular weight excluding hydrogens is 322 g/mol. The summed E-state index contributed by atoms with van der Waals surface area (Å²) in [5.41, 5.74) is 7.63. The minimum atomic E-state index is -0.272. The molecule has 0 radical (unpaired) electrons. The van der Waals surface area contributed by atoms with Crippen LogP contribution in [0.5, 0.6) is 0 Å². The standard InChI is InChI=1S/C18H29N3O2S/c1-3-21(14-6-10-23-11-7-14)18-12(2)15(17(19)22)16(24-18)13-4-8-20-9-5-13/h13-14,20H,3-11H2,1-2H3,(H2,19,22). The Morgan fingerprint density at radius 3 is 2.54 bits per heavy atom. The molecule has 0 spiro atoms. The van der Waals surface area contributed by atoms with Crippen LogP contribution in [0.1, 0.15) is 59.3 Å². The summed E-state index contributed by atoms with van der Waals surface area (Å²) in [6.45, 7) is 8.92. The molecule has 0 bridgehead atoms. The highest BCUT2D eigenvalue weighted by atomic mass is 32.1. The van der Waals surface area contributed by atoms with E-state index >= 15 is 0 Å². The summed E-state index contributed by atoms with van der Waals surface area (Å²) >= 11 is 1.80. The van der Waals surface area contributed by atoms with E-state index in [1.54, 1.807) is 11.3 Å². The molecule has 1 aromatic heterocycles. The first-order valence-electron chi connectivity index (χ1n) is 9.11. The average molecular weight is 352 g/mol. The summed E-state index contributed by atoms with van der Waals surface area (Å²) in [6.07, 6.45) is 4.28. The molecule has 2 fully saturated rings. The van der Waals surface area contributed by atoms with Crippen molar-refractivity contribution >= 4 is 22.2 Å². The maximum Gasteiger partial charge on any atom is 0.250 e. The number of nitrogens with zero attached hydrogens (tertiary/aromatic N) is 1. The number of carbonyl (C=O) groups is 1. The van der Waals surface area contributed by atoms with Crippen LogP contribution in [-0.2, 0) is 4.74 Å². The van der Waals surface area contributed by atoms with E-state index < -0.39 is 0 Å². The number of hydrogen-bond donors (Lipinski definition) is 2. The fraction of sp³-hybridized carbons (Fsp3) is 0.722. The third kappa shape index (κ3) is 3.46. The Kier molecular flexibility index (Phi) is 5.79. The number of anilines is 1. The lowest BCUT2D eigenvalue weighted by atomic mass is 9.92. The second kappa shape index (κ2) is 7.85. The molecule has 1 aromatic rings. The van der Waals surface area contributed by atoms with E-state index in [-0.39, 0.29) is 5.91 Å². The summed E-state index contributed by atoms with van der Waals surface area (Å²) < 4.78 is 5.52. The number of rotatable bonds is 5. The molecule has 0 aromatic carbocycles. The zero-order chi connectivity index (χ0) is 17.1. The molecule has 1 amide bonds. The number of piperidine rings is 1. The molecule has 3 N–H and O–H groups in total. The fourth-order valence-electron chi connectivity index (χ4n) is 4.04. The third-order valence-corrected chi connectivity index (χ3v) is 6.83. The van der Waals surface area contributed by atoms with Crippen LogP contribution in [0.15, 0.2) is 0 Å². The van der Waals surface area contributed by atoms with Crippen LogP contribution in [0, 0.1) is 6.92 Å². The average Bonchev–Trinajstić information content (AvgIpc) is 2.95. The SMILES string of the molecule is CCN(c1sc(C2CCNCC2)c(C(N)=O)c1C)C1CCOCC1. The highest BCUT2D eigenvalue weighted by Gasteiger charge is 2.30. The van der Waals surface area contributed by atoms with E-state index in [1.165, 1.54) is 9.88 Å². The quantitative estimate of drug-likeness (QED) is 0.856. The zero-order valence-electron chi connectivity index (χ0n) is 14.8. The first-order chi connectivity index (χ1) is 11.6. The minimum absolute atomic E-state index is 0.272. The van der Waals surface area contributed by atoms with Gasteiger partial charge in [0.15, 0.2) is 0 Å².